The molecule has 4 bridgehead atoms. The molecule has 1 amide bonds. The molecule has 0 aromatic heterocycles. The predicted molar refractivity (Wildman–Crippen MR) is 94.0 cm³/mol. The third-order valence-electron chi connectivity index (χ3n) is 5.27. The van der Waals surface area contributed by atoms with Crippen molar-refractivity contribution in [3.63, 3.8) is 0 Å². The molecular weight excluding hydrogens is 271 g/mol. The molecule has 1 saturated carbocycles. The first kappa shape index (κ1) is 15.4. The number of anilines is 1. The van der Waals surface area contributed by atoms with Crippen LogP contribution in [-0.4, -0.2) is 38.9 Å². The summed E-state index contributed by atoms with van der Waals surface area (Å²) in [7, 11) is 0. The zero-order chi connectivity index (χ0) is 14.4. The van der Waals surface area contributed by atoms with Gasteiger partial charge in [-0.3, -0.25) is 4.79 Å². The first-order chi connectivity index (χ1) is 10.2. The van der Waals surface area contributed by atoms with Crippen LogP contribution in [0.5, 0.6) is 0 Å². The van der Waals surface area contributed by atoms with Crippen LogP contribution in [-0.2, 0) is 4.79 Å². The summed E-state index contributed by atoms with van der Waals surface area (Å²) >= 11 is 0. The van der Waals surface area contributed by atoms with E-state index in [0.29, 0.717) is 11.8 Å². The number of nitrogens with zero attached hydrogens (tertiary/aromatic N) is 1. The summed E-state index contributed by atoms with van der Waals surface area (Å²) in [5, 5.41) is 3.00. The molecule has 1 aliphatic carbocycles. The summed E-state index contributed by atoms with van der Waals surface area (Å²) in [6, 6.07) is 7.99. The molecule has 0 spiro atoms. The summed E-state index contributed by atoms with van der Waals surface area (Å²) in [5.74, 6) is 2.16. The summed E-state index contributed by atoms with van der Waals surface area (Å²) in [5.41, 5.74) is 3.50. The highest BCUT2D eigenvalue weighted by molar-refractivity contribution is 5.99. The number of rotatable bonds is 2. The maximum atomic E-state index is 12.3. The monoisotopic (exact) mass is 296 g/mol. The fourth-order valence-corrected chi connectivity index (χ4v) is 4.43. The summed E-state index contributed by atoms with van der Waals surface area (Å²) in [4.78, 5) is 14.9. The van der Waals surface area contributed by atoms with Gasteiger partial charge in [-0.2, -0.15) is 0 Å². The second-order valence-electron chi connectivity index (χ2n) is 6.95. The highest BCUT2D eigenvalue weighted by atomic mass is 16.1. The molecule has 5 rings (SSSR count). The topological polar surface area (TPSA) is 32.3 Å². The molecule has 4 aliphatic rings. The summed E-state index contributed by atoms with van der Waals surface area (Å²) in [6.45, 7) is 5.67. The van der Waals surface area contributed by atoms with Crippen LogP contribution < -0.4 is 5.32 Å². The first-order valence-corrected chi connectivity index (χ1v) is 7.99. The van der Waals surface area contributed by atoms with Crippen LogP contribution in [0.2, 0.25) is 0 Å². The van der Waals surface area contributed by atoms with Gasteiger partial charge in [0.25, 0.3) is 0 Å². The van der Waals surface area contributed by atoms with Crippen molar-refractivity contribution >= 4 is 20.0 Å². The summed E-state index contributed by atoms with van der Waals surface area (Å²) < 4.78 is 0. The maximum absolute atomic E-state index is 12.3. The molecule has 22 heavy (non-hydrogen) atoms. The quantitative estimate of drug-likeness (QED) is 0.665. The van der Waals surface area contributed by atoms with E-state index in [2.05, 4.69) is 17.1 Å². The second-order valence-corrected chi connectivity index (χ2v) is 6.95. The van der Waals surface area contributed by atoms with Crippen LogP contribution >= 0.6 is 0 Å². The largest absolute Gasteiger partial charge is 0.323 e. The number of aryl methyl sites for hydroxylation is 1. The number of piperidine rings is 3. The van der Waals surface area contributed by atoms with E-state index in [1.54, 1.807) is 0 Å². The van der Waals surface area contributed by atoms with Crippen molar-refractivity contribution < 1.29 is 4.79 Å². The molecule has 3 aliphatic heterocycles. The Morgan fingerprint density at radius 3 is 2.36 bits per heavy atom. The highest BCUT2D eigenvalue weighted by Gasteiger charge is 2.44. The Labute approximate surface area is 134 Å². The van der Waals surface area contributed by atoms with Crippen molar-refractivity contribution in [2.24, 2.45) is 17.8 Å². The van der Waals surface area contributed by atoms with Gasteiger partial charge >= 0.3 is 0 Å². The van der Waals surface area contributed by atoms with E-state index in [4.69, 9.17) is 0 Å². The van der Waals surface area contributed by atoms with Gasteiger partial charge in [0, 0.05) is 31.4 Å². The van der Waals surface area contributed by atoms with Crippen molar-refractivity contribution in [2.75, 3.05) is 25.0 Å². The average Bonchev–Trinajstić information content (AvgIpc) is 2.45. The van der Waals surface area contributed by atoms with Crippen LogP contribution in [0.3, 0.4) is 0 Å². The van der Waals surface area contributed by atoms with Gasteiger partial charge in [0.05, 0.1) is 8.41 Å². The van der Waals surface area contributed by atoms with Crippen LogP contribution in [0.4, 0.5) is 5.69 Å². The van der Waals surface area contributed by atoms with Crippen molar-refractivity contribution in [1.82, 2.24) is 4.90 Å². The molecule has 4 fully saturated rings. The van der Waals surface area contributed by atoms with Gasteiger partial charge in [-0.25, -0.2) is 0 Å². The minimum atomic E-state index is 0. The number of amides is 1. The molecule has 2 unspecified atom stereocenters. The third kappa shape index (κ3) is 2.85. The van der Waals surface area contributed by atoms with Crippen LogP contribution in [0.25, 0.3) is 0 Å². The van der Waals surface area contributed by atoms with Gasteiger partial charge in [0.1, 0.15) is 0 Å². The molecule has 3 nitrogen and oxygen atoms in total. The lowest BCUT2D eigenvalue weighted by molar-refractivity contribution is -0.112. The fraction of sp³-hybridized carbons (Fsp3) is 0.500. The molecule has 4 heteroatoms. The van der Waals surface area contributed by atoms with Crippen LogP contribution in [0.1, 0.15) is 18.4 Å². The van der Waals surface area contributed by atoms with E-state index in [-0.39, 0.29) is 14.3 Å². The van der Waals surface area contributed by atoms with E-state index in [0.717, 1.165) is 24.7 Å². The highest BCUT2D eigenvalue weighted by Crippen LogP contribution is 2.46. The lowest BCUT2D eigenvalue weighted by Gasteiger charge is -2.53. The van der Waals surface area contributed by atoms with Crippen molar-refractivity contribution in [2.45, 2.75) is 19.8 Å². The smallest absolute Gasteiger partial charge is 0.248 e. The fourth-order valence-electron chi connectivity index (χ4n) is 4.43. The Balaban J connectivity index is 0.00000144. The Morgan fingerprint density at radius 2 is 1.77 bits per heavy atom. The van der Waals surface area contributed by atoms with E-state index in [9.17, 15) is 4.79 Å². The second kappa shape index (κ2) is 5.92. The normalized spacial score (nSPS) is 31.6. The molecule has 116 valence electrons. The standard InChI is InChI=1S/C18H22N2O.BH3/c1-12-2-4-16(5-3-12)19-18(21)8-17-14-6-13-7-15(17)11-20(9-13)10-14;/h2-5,8,13-15H,6-7,9-11H2,1H3,(H,19,21);1H3. The van der Waals surface area contributed by atoms with E-state index >= 15 is 0 Å². The van der Waals surface area contributed by atoms with E-state index in [1.807, 2.05) is 30.3 Å². The number of carbonyl (C=O) groups excluding carboxylic acids is 1. The molecule has 1 aromatic rings. The van der Waals surface area contributed by atoms with E-state index in [1.165, 1.54) is 30.5 Å². The zero-order valence-electron chi connectivity index (χ0n) is 12.5. The minimum absolute atomic E-state index is 0. The number of hydrogen-bond acceptors (Lipinski definition) is 2. The first-order valence-electron chi connectivity index (χ1n) is 7.99. The Kier molecular flexibility index (Phi) is 4.13. The van der Waals surface area contributed by atoms with Crippen molar-refractivity contribution in [3.05, 3.63) is 41.5 Å². The molecule has 0 radical (unpaired) electrons. The lowest BCUT2D eigenvalue weighted by atomic mass is 9.65. The molecular formula is C18H25BN2O. The minimum Gasteiger partial charge on any atom is -0.323 e. The number of nitrogens with one attached hydrogen (secondary N) is 1. The Bertz CT molecular complexity index is 564. The van der Waals surface area contributed by atoms with E-state index < -0.39 is 0 Å². The zero-order valence-corrected chi connectivity index (χ0v) is 12.5. The van der Waals surface area contributed by atoms with Crippen molar-refractivity contribution in [3.8, 4) is 0 Å². The molecule has 3 heterocycles. The molecule has 1 N–H and O–H groups in total. The average molecular weight is 296 g/mol. The van der Waals surface area contributed by atoms with Gasteiger partial charge in [0.15, 0.2) is 0 Å². The number of hydrogen-bond donors (Lipinski definition) is 1. The number of carbonyl (C=O) groups is 1. The van der Waals surface area contributed by atoms with Gasteiger partial charge in [-0.05, 0) is 49.7 Å². The lowest BCUT2D eigenvalue weighted by Crippen LogP contribution is -2.54. The van der Waals surface area contributed by atoms with Gasteiger partial charge in [0.2, 0.25) is 5.91 Å². The van der Waals surface area contributed by atoms with Gasteiger partial charge < -0.3 is 10.2 Å². The number of benzene rings is 1. The Morgan fingerprint density at radius 1 is 1.14 bits per heavy atom. The predicted octanol–water partition coefficient (Wildman–Crippen LogP) is 1.65. The SMILES string of the molecule is B.Cc1ccc(NC(=O)C=C2C3CC4CC2CN(C4)C3)cc1. The van der Waals surface area contributed by atoms with Crippen LogP contribution in [0, 0.1) is 24.7 Å². The molecule has 3 saturated heterocycles. The van der Waals surface area contributed by atoms with Gasteiger partial charge in [-0.15, -0.1) is 0 Å². The Hall–Kier alpha value is -1.55. The molecule has 2 atom stereocenters. The van der Waals surface area contributed by atoms with Crippen LogP contribution in [0.15, 0.2) is 35.9 Å². The third-order valence-corrected chi connectivity index (χ3v) is 5.27. The summed E-state index contributed by atoms with van der Waals surface area (Å²) in [6.07, 6.45) is 4.47. The molecule has 1 aromatic carbocycles. The maximum Gasteiger partial charge on any atom is 0.248 e. The van der Waals surface area contributed by atoms with Crippen molar-refractivity contribution in [1.29, 1.82) is 0 Å². The van der Waals surface area contributed by atoms with Gasteiger partial charge in [-0.1, -0.05) is 23.3 Å².